The number of hydrogen-bond acceptors (Lipinski definition) is 4. The number of nitrogens with one attached hydrogen (secondary N) is 1. The van der Waals surface area contributed by atoms with Crippen LogP contribution in [-0.4, -0.2) is 8.42 Å². The SMILES string of the molecule is O=S(=O)(F)Oc1cccc(Nc2ccc(I)cc2)c1. The van der Waals surface area contributed by atoms with Gasteiger partial charge >= 0.3 is 10.5 Å². The second-order valence-corrected chi connectivity index (χ2v) is 5.83. The lowest BCUT2D eigenvalue weighted by Crippen LogP contribution is -2.01. The van der Waals surface area contributed by atoms with Gasteiger partial charge in [0.15, 0.2) is 0 Å². The van der Waals surface area contributed by atoms with E-state index in [2.05, 4.69) is 32.1 Å². The van der Waals surface area contributed by atoms with Crippen LogP contribution in [0.2, 0.25) is 0 Å². The third-order valence-corrected chi connectivity index (χ3v) is 3.27. The van der Waals surface area contributed by atoms with E-state index in [4.69, 9.17) is 0 Å². The maximum absolute atomic E-state index is 12.4. The predicted molar refractivity (Wildman–Crippen MR) is 79.5 cm³/mol. The monoisotopic (exact) mass is 393 g/mol. The van der Waals surface area contributed by atoms with Crippen molar-refractivity contribution in [2.24, 2.45) is 0 Å². The summed E-state index contributed by atoms with van der Waals surface area (Å²) >= 11 is 2.19. The van der Waals surface area contributed by atoms with Crippen LogP contribution in [0, 0.1) is 3.57 Å². The summed E-state index contributed by atoms with van der Waals surface area (Å²) in [4.78, 5) is 0. The number of benzene rings is 2. The molecule has 0 fully saturated rings. The van der Waals surface area contributed by atoms with E-state index in [9.17, 15) is 12.3 Å². The molecule has 0 aliphatic rings. The van der Waals surface area contributed by atoms with Gasteiger partial charge in [-0.1, -0.05) is 9.95 Å². The lowest BCUT2D eigenvalue weighted by molar-refractivity contribution is 0.440. The summed E-state index contributed by atoms with van der Waals surface area (Å²) in [5.74, 6) is -0.0852. The van der Waals surface area contributed by atoms with Crippen molar-refractivity contribution < 1.29 is 16.5 Å². The molecule has 1 N–H and O–H groups in total. The first kappa shape index (κ1) is 14.1. The van der Waals surface area contributed by atoms with Gasteiger partial charge in [0.25, 0.3) is 0 Å². The number of rotatable bonds is 4. The van der Waals surface area contributed by atoms with Crippen molar-refractivity contribution in [3.05, 3.63) is 52.1 Å². The van der Waals surface area contributed by atoms with Gasteiger partial charge in [-0.3, -0.25) is 0 Å². The molecule has 0 spiro atoms. The van der Waals surface area contributed by atoms with Gasteiger partial charge in [0, 0.05) is 21.0 Å². The van der Waals surface area contributed by atoms with E-state index >= 15 is 0 Å². The molecule has 0 saturated carbocycles. The van der Waals surface area contributed by atoms with E-state index in [-0.39, 0.29) is 5.75 Å². The Hall–Kier alpha value is -1.35. The topological polar surface area (TPSA) is 55.4 Å². The van der Waals surface area contributed by atoms with Gasteiger partial charge < -0.3 is 9.50 Å². The zero-order valence-electron chi connectivity index (χ0n) is 9.51. The summed E-state index contributed by atoms with van der Waals surface area (Å²) in [5, 5.41) is 3.06. The first-order valence-electron chi connectivity index (χ1n) is 5.19. The normalized spacial score (nSPS) is 11.1. The standard InChI is InChI=1S/C12H9FINO3S/c13-19(16,17)18-12-3-1-2-11(8-12)15-10-6-4-9(14)5-7-10/h1-8,15H. The third kappa shape index (κ3) is 4.67. The molecule has 0 bridgehead atoms. The van der Waals surface area contributed by atoms with Gasteiger partial charge in [0.05, 0.1) is 0 Å². The van der Waals surface area contributed by atoms with Gasteiger partial charge in [0.1, 0.15) is 5.75 Å². The molecule has 0 amide bonds. The lowest BCUT2D eigenvalue weighted by atomic mass is 10.2. The first-order valence-corrected chi connectivity index (χ1v) is 7.58. The molecule has 0 heterocycles. The number of halogens is 2. The maximum Gasteiger partial charge on any atom is 0.488 e. The van der Waals surface area contributed by atoms with Crippen molar-refractivity contribution in [2.75, 3.05) is 5.32 Å². The largest absolute Gasteiger partial charge is 0.488 e. The fourth-order valence-corrected chi connectivity index (χ4v) is 2.13. The number of anilines is 2. The molecule has 19 heavy (non-hydrogen) atoms. The Bertz CT molecular complexity index is 674. The van der Waals surface area contributed by atoms with Crippen LogP contribution in [0.1, 0.15) is 0 Å². The summed E-state index contributed by atoms with van der Waals surface area (Å²) in [5.41, 5.74) is 1.43. The van der Waals surface area contributed by atoms with E-state index in [0.29, 0.717) is 5.69 Å². The highest BCUT2D eigenvalue weighted by atomic mass is 127. The highest BCUT2D eigenvalue weighted by molar-refractivity contribution is 14.1. The molecule has 0 unspecified atom stereocenters. The van der Waals surface area contributed by atoms with Crippen LogP contribution in [0.15, 0.2) is 48.5 Å². The van der Waals surface area contributed by atoms with Crippen molar-refractivity contribution in [2.45, 2.75) is 0 Å². The fourth-order valence-electron chi connectivity index (χ4n) is 1.44. The Balaban J connectivity index is 2.17. The van der Waals surface area contributed by atoms with Crippen LogP contribution in [0.3, 0.4) is 0 Å². The highest BCUT2D eigenvalue weighted by Gasteiger charge is 2.09. The summed E-state index contributed by atoms with van der Waals surface area (Å²) in [6, 6.07) is 13.6. The van der Waals surface area contributed by atoms with Gasteiger partial charge in [-0.25, -0.2) is 0 Å². The lowest BCUT2D eigenvalue weighted by Gasteiger charge is -2.07. The molecule has 100 valence electrons. The minimum atomic E-state index is -5.00. The molecule has 0 radical (unpaired) electrons. The predicted octanol–water partition coefficient (Wildman–Crippen LogP) is 3.63. The molecular formula is C12H9FINO3S. The zero-order valence-corrected chi connectivity index (χ0v) is 12.5. The Morgan fingerprint density at radius 1 is 1.05 bits per heavy atom. The van der Waals surface area contributed by atoms with Crippen molar-refractivity contribution >= 4 is 44.5 Å². The molecule has 0 aliphatic carbocycles. The minimum absolute atomic E-state index is 0.0852. The average molecular weight is 393 g/mol. The zero-order chi connectivity index (χ0) is 13.9. The Morgan fingerprint density at radius 3 is 2.37 bits per heavy atom. The van der Waals surface area contributed by atoms with E-state index in [1.54, 1.807) is 12.1 Å². The van der Waals surface area contributed by atoms with Gasteiger partial charge in [-0.15, -0.1) is 0 Å². The third-order valence-electron chi connectivity index (χ3n) is 2.16. The van der Waals surface area contributed by atoms with E-state index < -0.39 is 10.5 Å². The van der Waals surface area contributed by atoms with Gasteiger partial charge in [-0.2, -0.15) is 8.42 Å². The second kappa shape index (κ2) is 5.74. The Labute approximate surface area is 124 Å². The van der Waals surface area contributed by atoms with Crippen molar-refractivity contribution in [3.63, 3.8) is 0 Å². The molecule has 2 aromatic carbocycles. The van der Waals surface area contributed by atoms with Crippen LogP contribution in [0.4, 0.5) is 15.3 Å². The van der Waals surface area contributed by atoms with Gasteiger partial charge in [0.2, 0.25) is 0 Å². The van der Waals surface area contributed by atoms with Crippen molar-refractivity contribution in [1.82, 2.24) is 0 Å². The van der Waals surface area contributed by atoms with Gasteiger partial charge in [-0.05, 0) is 59.0 Å². The molecule has 7 heteroatoms. The second-order valence-electron chi connectivity index (χ2n) is 3.64. The Morgan fingerprint density at radius 2 is 1.74 bits per heavy atom. The van der Waals surface area contributed by atoms with Crippen molar-refractivity contribution in [1.29, 1.82) is 0 Å². The number of hydrogen-bond donors (Lipinski definition) is 1. The highest BCUT2D eigenvalue weighted by Crippen LogP contribution is 2.23. The first-order chi connectivity index (χ1) is 8.92. The minimum Gasteiger partial charge on any atom is -0.358 e. The Kier molecular flexibility index (Phi) is 4.25. The quantitative estimate of drug-likeness (QED) is 0.637. The molecule has 4 nitrogen and oxygen atoms in total. The van der Waals surface area contributed by atoms with Crippen LogP contribution in [0.5, 0.6) is 5.75 Å². The van der Waals surface area contributed by atoms with Crippen molar-refractivity contribution in [3.8, 4) is 5.75 Å². The molecule has 0 aromatic heterocycles. The van der Waals surface area contributed by atoms with E-state index in [1.165, 1.54) is 12.1 Å². The maximum atomic E-state index is 12.4. The average Bonchev–Trinajstić information content (AvgIpc) is 2.30. The van der Waals surface area contributed by atoms with E-state index in [0.717, 1.165) is 9.26 Å². The molecule has 2 aromatic rings. The van der Waals surface area contributed by atoms with E-state index in [1.807, 2.05) is 24.3 Å². The summed E-state index contributed by atoms with van der Waals surface area (Å²) in [6.45, 7) is 0. The van der Waals surface area contributed by atoms with Crippen LogP contribution >= 0.6 is 22.6 Å². The molecule has 0 aliphatic heterocycles. The molecule has 0 atom stereocenters. The molecular weight excluding hydrogens is 384 g/mol. The molecule has 2 rings (SSSR count). The van der Waals surface area contributed by atoms with Crippen LogP contribution < -0.4 is 9.50 Å². The van der Waals surface area contributed by atoms with Crippen LogP contribution in [0.25, 0.3) is 0 Å². The smallest absolute Gasteiger partial charge is 0.358 e. The summed E-state index contributed by atoms with van der Waals surface area (Å²) in [7, 11) is -5.00. The molecule has 0 saturated heterocycles. The van der Waals surface area contributed by atoms with Crippen LogP contribution in [-0.2, 0) is 10.5 Å². The summed E-state index contributed by atoms with van der Waals surface area (Å²) in [6.07, 6.45) is 0. The fraction of sp³-hybridized carbons (Fsp3) is 0. The summed E-state index contributed by atoms with van der Waals surface area (Å²) < 4.78 is 38.5.